The quantitative estimate of drug-likeness (QED) is 0.278. The van der Waals surface area contributed by atoms with Crippen molar-refractivity contribution in [2.24, 2.45) is 0 Å². The Morgan fingerprint density at radius 2 is 1.69 bits per heavy atom. The number of amides is 1. The number of carbonyl (C=O) groups excluding carboxylic acids is 1. The summed E-state index contributed by atoms with van der Waals surface area (Å²) in [5, 5.41) is 23.1. The van der Waals surface area contributed by atoms with Crippen LogP contribution >= 0.6 is 15.9 Å². The van der Waals surface area contributed by atoms with Crippen molar-refractivity contribution < 1.29 is 24.5 Å². The number of hydrogen-bond donors (Lipinski definition) is 3. The molecule has 1 heterocycles. The molecule has 0 saturated carbocycles. The highest BCUT2D eigenvalue weighted by Gasteiger charge is 2.19. The number of hydrogen-bond acceptors (Lipinski definition) is 4. The number of carboxylic acids is 1. The van der Waals surface area contributed by atoms with E-state index in [0.29, 0.717) is 22.6 Å². The molecule has 0 fully saturated rings. The molecule has 0 radical (unpaired) electrons. The van der Waals surface area contributed by atoms with Crippen LogP contribution in [0.1, 0.15) is 40.3 Å². The lowest BCUT2D eigenvalue weighted by Crippen LogP contribution is -2.38. The molecule has 0 bridgehead atoms. The maximum absolute atomic E-state index is 12.3. The Kier molecular flexibility index (Phi) is 6.95. The SMILES string of the molecule is CC(C)(O)CNC(=O)c1ccc(Cn2c(C(=O)O)cc3c(Br)cc(Oc4ccccc4)cc32)cc1. The molecule has 0 aliphatic heterocycles. The Bertz CT molecular complexity index is 1370. The highest BCUT2D eigenvalue weighted by Crippen LogP contribution is 2.34. The fraction of sp³-hybridized carbons (Fsp3) is 0.185. The summed E-state index contributed by atoms with van der Waals surface area (Å²) in [5.74, 6) is -0.0800. The van der Waals surface area contributed by atoms with Gasteiger partial charge in [0.25, 0.3) is 5.91 Å². The van der Waals surface area contributed by atoms with E-state index in [2.05, 4.69) is 21.2 Å². The van der Waals surface area contributed by atoms with Crippen molar-refractivity contribution >= 4 is 38.7 Å². The molecule has 0 spiro atoms. The van der Waals surface area contributed by atoms with E-state index in [4.69, 9.17) is 4.74 Å². The first-order valence-electron chi connectivity index (χ1n) is 11.0. The molecule has 0 aliphatic carbocycles. The summed E-state index contributed by atoms with van der Waals surface area (Å²) in [6.07, 6.45) is 0. The van der Waals surface area contributed by atoms with Gasteiger partial charge in [-0.3, -0.25) is 4.79 Å². The fourth-order valence-electron chi connectivity index (χ4n) is 3.66. The Morgan fingerprint density at radius 3 is 2.31 bits per heavy atom. The summed E-state index contributed by atoms with van der Waals surface area (Å²) >= 11 is 3.55. The molecule has 0 saturated heterocycles. The van der Waals surface area contributed by atoms with E-state index >= 15 is 0 Å². The summed E-state index contributed by atoms with van der Waals surface area (Å²) < 4.78 is 8.41. The number of nitrogens with one attached hydrogen (secondary N) is 1. The minimum atomic E-state index is -1.04. The van der Waals surface area contributed by atoms with Gasteiger partial charge >= 0.3 is 5.97 Å². The zero-order valence-corrected chi connectivity index (χ0v) is 20.9. The average Bonchev–Trinajstić information content (AvgIpc) is 3.17. The van der Waals surface area contributed by atoms with Crippen LogP contribution in [0.2, 0.25) is 0 Å². The van der Waals surface area contributed by atoms with Crippen molar-refractivity contribution in [3.05, 3.63) is 94.1 Å². The van der Waals surface area contributed by atoms with Crippen molar-refractivity contribution in [2.45, 2.75) is 26.0 Å². The molecule has 0 aliphatic rings. The molecule has 1 aromatic heterocycles. The molecule has 3 N–H and O–H groups in total. The van der Waals surface area contributed by atoms with Crippen LogP contribution in [0.3, 0.4) is 0 Å². The standard InChI is InChI=1S/C27H25BrN2O5/c1-27(2,34)16-29-25(31)18-10-8-17(9-11-18)15-30-23-13-20(35-19-6-4-3-5-7-19)12-22(28)21(23)14-24(30)26(32)33/h3-14,34H,15-16H2,1-2H3,(H,29,31)(H,32,33). The maximum Gasteiger partial charge on any atom is 0.352 e. The zero-order chi connectivity index (χ0) is 25.2. The third-order valence-corrected chi connectivity index (χ3v) is 6.04. The van der Waals surface area contributed by atoms with E-state index in [1.54, 1.807) is 48.7 Å². The van der Waals surface area contributed by atoms with Crippen LogP contribution in [0.4, 0.5) is 0 Å². The van der Waals surface area contributed by atoms with Gasteiger partial charge in [-0.25, -0.2) is 4.79 Å². The highest BCUT2D eigenvalue weighted by atomic mass is 79.9. The number of ether oxygens (including phenoxy) is 1. The molecular weight excluding hydrogens is 512 g/mol. The van der Waals surface area contributed by atoms with Gasteiger partial charge in [0.05, 0.1) is 11.1 Å². The number of aromatic carboxylic acids is 1. The molecule has 180 valence electrons. The fourth-order valence-corrected chi connectivity index (χ4v) is 4.21. The second-order valence-corrected chi connectivity index (χ2v) is 9.72. The van der Waals surface area contributed by atoms with Crippen molar-refractivity contribution in [2.75, 3.05) is 6.54 Å². The Morgan fingerprint density at radius 1 is 1.00 bits per heavy atom. The number of benzene rings is 3. The number of nitrogens with zero attached hydrogens (tertiary/aromatic N) is 1. The Labute approximate surface area is 211 Å². The van der Waals surface area contributed by atoms with E-state index in [1.807, 2.05) is 42.5 Å². The van der Waals surface area contributed by atoms with Crippen LogP contribution in [0.15, 0.2) is 77.3 Å². The van der Waals surface area contributed by atoms with Gasteiger partial charge in [0, 0.05) is 34.6 Å². The molecule has 3 aromatic carbocycles. The largest absolute Gasteiger partial charge is 0.477 e. The lowest BCUT2D eigenvalue weighted by atomic mass is 10.1. The first-order valence-corrected chi connectivity index (χ1v) is 11.8. The van der Waals surface area contributed by atoms with Crippen LogP contribution in [0.25, 0.3) is 10.9 Å². The number of fused-ring (bicyclic) bond motifs is 1. The van der Waals surface area contributed by atoms with Gasteiger partial charge in [0.15, 0.2) is 0 Å². The first kappa shape index (κ1) is 24.5. The van der Waals surface area contributed by atoms with Gasteiger partial charge < -0.3 is 24.8 Å². The maximum atomic E-state index is 12.3. The number of halogens is 1. The average molecular weight is 537 g/mol. The predicted octanol–water partition coefficient (Wildman–Crippen LogP) is 5.44. The Balaban J connectivity index is 1.64. The molecular formula is C27H25BrN2O5. The summed E-state index contributed by atoms with van der Waals surface area (Å²) in [4.78, 5) is 24.4. The van der Waals surface area contributed by atoms with Crippen LogP contribution in [0, 0.1) is 0 Å². The summed E-state index contributed by atoms with van der Waals surface area (Å²) in [5.41, 5.74) is 1.12. The number of rotatable bonds is 8. The van der Waals surface area contributed by atoms with Crippen molar-refractivity contribution in [1.82, 2.24) is 9.88 Å². The second-order valence-electron chi connectivity index (χ2n) is 8.87. The van der Waals surface area contributed by atoms with E-state index in [0.717, 1.165) is 15.4 Å². The molecule has 8 heteroatoms. The van der Waals surface area contributed by atoms with Crippen molar-refractivity contribution in [3.63, 3.8) is 0 Å². The van der Waals surface area contributed by atoms with Gasteiger partial charge in [0.2, 0.25) is 0 Å². The second kappa shape index (κ2) is 9.93. The summed E-state index contributed by atoms with van der Waals surface area (Å²) in [6.45, 7) is 3.66. The number of carboxylic acid groups (broad SMARTS) is 1. The van der Waals surface area contributed by atoms with Gasteiger partial charge in [-0.05, 0) is 71.7 Å². The predicted molar refractivity (Wildman–Crippen MR) is 137 cm³/mol. The van der Waals surface area contributed by atoms with E-state index in [1.165, 1.54) is 0 Å². The topological polar surface area (TPSA) is 101 Å². The van der Waals surface area contributed by atoms with Gasteiger partial charge in [-0.1, -0.05) is 30.3 Å². The van der Waals surface area contributed by atoms with Crippen LogP contribution < -0.4 is 10.1 Å². The summed E-state index contributed by atoms with van der Waals surface area (Å²) in [6, 6.07) is 21.5. The normalized spacial score (nSPS) is 11.4. The highest BCUT2D eigenvalue weighted by molar-refractivity contribution is 9.10. The molecule has 0 atom stereocenters. The monoisotopic (exact) mass is 536 g/mol. The van der Waals surface area contributed by atoms with Gasteiger partial charge in [-0.15, -0.1) is 0 Å². The van der Waals surface area contributed by atoms with Crippen molar-refractivity contribution in [1.29, 1.82) is 0 Å². The number of aromatic nitrogens is 1. The summed E-state index contributed by atoms with van der Waals surface area (Å²) in [7, 11) is 0. The first-order chi connectivity index (χ1) is 16.6. The minimum absolute atomic E-state index is 0.132. The smallest absolute Gasteiger partial charge is 0.352 e. The number of carbonyl (C=O) groups is 2. The van der Waals surface area contributed by atoms with Gasteiger partial charge in [0.1, 0.15) is 17.2 Å². The molecule has 4 rings (SSSR count). The lowest BCUT2D eigenvalue weighted by molar-refractivity contribution is 0.0686. The lowest BCUT2D eigenvalue weighted by Gasteiger charge is -2.17. The Hall–Kier alpha value is -3.62. The molecule has 0 unspecified atom stereocenters. The zero-order valence-electron chi connectivity index (χ0n) is 19.3. The van der Waals surface area contributed by atoms with Crippen LogP contribution in [-0.2, 0) is 6.54 Å². The molecule has 1 amide bonds. The van der Waals surface area contributed by atoms with E-state index in [9.17, 15) is 19.8 Å². The van der Waals surface area contributed by atoms with Crippen LogP contribution in [0.5, 0.6) is 11.5 Å². The van der Waals surface area contributed by atoms with Crippen LogP contribution in [-0.4, -0.2) is 38.8 Å². The number of aliphatic hydroxyl groups is 1. The molecule has 4 aromatic rings. The number of para-hydroxylation sites is 1. The van der Waals surface area contributed by atoms with Gasteiger partial charge in [-0.2, -0.15) is 0 Å². The molecule has 7 nitrogen and oxygen atoms in total. The minimum Gasteiger partial charge on any atom is -0.477 e. The van der Waals surface area contributed by atoms with E-state index < -0.39 is 11.6 Å². The van der Waals surface area contributed by atoms with Crippen molar-refractivity contribution in [3.8, 4) is 11.5 Å². The van der Waals surface area contributed by atoms with E-state index in [-0.39, 0.29) is 24.7 Å². The third kappa shape index (κ3) is 5.90. The molecule has 35 heavy (non-hydrogen) atoms. The third-order valence-electron chi connectivity index (χ3n) is 5.38.